The van der Waals surface area contributed by atoms with Gasteiger partial charge in [-0.25, -0.2) is 0 Å². The number of rotatable bonds is 6. The standard InChI is InChI=1S/C17H17N3O5/c1-11(25-16-8-6-13(7-9-16)18-12(2)21)17(22)19-14-4-3-5-15(10-14)20(23)24/h3-11H,1-2H3,(H,18,21)(H,19,22). The Morgan fingerprint density at radius 3 is 2.36 bits per heavy atom. The van der Waals surface area contributed by atoms with Gasteiger partial charge in [-0.3, -0.25) is 19.7 Å². The molecule has 1 unspecified atom stereocenters. The number of anilines is 2. The first-order valence-corrected chi connectivity index (χ1v) is 7.45. The van der Waals surface area contributed by atoms with Crippen molar-refractivity contribution >= 4 is 28.9 Å². The van der Waals surface area contributed by atoms with Gasteiger partial charge in [0.25, 0.3) is 11.6 Å². The summed E-state index contributed by atoms with van der Waals surface area (Å²) in [7, 11) is 0. The van der Waals surface area contributed by atoms with Crippen LogP contribution in [-0.2, 0) is 9.59 Å². The molecule has 0 aromatic heterocycles. The largest absolute Gasteiger partial charge is 0.481 e. The number of nitro benzene ring substituents is 1. The number of carbonyl (C=O) groups excluding carboxylic acids is 2. The predicted octanol–water partition coefficient (Wildman–Crippen LogP) is 2.96. The molecule has 2 amide bonds. The van der Waals surface area contributed by atoms with Crippen molar-refractivity contribution in [1.82, 2.24) is 0 Å². The molecule has 2 N–H and O–H groups in total. The topological polar surface area (TPSA) is 111 Å². The van der Waals surface area contributed by atoms with Gasteiger partial charge in [-0.1, -0.05) is 6.07 Å². The number of non-ortho nitro benzene ring substituents is 1. The highest BCUT2D eigenvalue weighted by molar-refractivity contribution is 5.94. The number of benzene rings is 2. The number of hydrogen-bond acceptors (Lipinski definition) is 5. The second-order valence-corrected chi connectivity index (χ2v) is 5.26. The molecule has 25 heavy (non-hydrogen) atoms. The minimum atomic E-state index is -0.814. The lowest BCUT2D eigenvalue weighted by molar-refractivity contribution is -0.384. The molecule has 2 aromatic rings. The number of amides is 2. The van der Waals surface area contributed by atoms with E-state index in [4.69, 9.17) is 4.74 Å². The Bertz CT molecular complexity index is 789. The first-order valence-electron chi connectivity index (χ1n) is 7.45. The molecule has 2 aromatic carbocycles. The molecule has 8 nitrogen and oxygen atoms in total. The summed E-state index contributed by atoms with van der Waals surface area (Å²) in [6, 6.07) is 12.2. The van der Waals surface area contributed by atoms with Crippen molar-refractivity contribution in [2.24, 2.45) is 0 Å². The maximum atomic E-state index is 12.1. The fourth-order valence-corrected chi connectivity index (χ4v) is 2.02. The summed E-state index contributed by atoms with van der Waals surface area (Å²) in [6.07, 6.45) is -0.814. The monoisotopic (exact) mass is 343 g/mol. The Morgan fingerprint density at radius 2 is 1.76 bits per heavy atom. The van der Waals surface area contributed by atoms with Crippen LogP contribution < -0.4 is 15.4 Å². The molecule has 0 aliphatic rings. The van der Waals surface area contributed by atoms with Crippen LogP contribution in [-0.4, -0.2) is 22.8 Å². The third kappa shape index (κ3) is 5.31. The van der Waals surface area contributed by atoms with Crippen molar-refractivity contribution in [3.63, 3.8) is 0 Å². The molecule has 0 aliphatic heterocycles. The van der Waals surface area contributed by atoms with Crippen LogP contribution in [0.1, 0.15) is 13.8 Å². The predicted molar refractivity (Wildman–Crippen MR) is 92.6 cm³/mol. The first kappa shape index (κ1) is 17.9. The summed E-state index contributed by atoms with van der Waals surface area (Å²) < 4.78 is 5.53. The number of carbonyl (C=O) groups is 2. The van der Waals surface area contributed by atoms with Crippen molar-refractivity contribution in [3.05, 3.63) is 58.6 Å². The van der Waals surface area contributed by atoms with Gasteiger partial charge >= 0.3 is 0 Å². The van der Waals surface area contributed by atoms with Crippen LogP contribution in [0.4, 0.5) is 17.1 Å². The van der Waals surface area contributed by atoms with Crippen LogP contribution in [0.25, 0.3) is 0 Å². The van der Waals surface area contributed by atoms with Gasteiger partial charge in [-0.2, -0.15) is 0 Å². The summed E-state index contributed by atoms with van der Waals surface area (Å²) in [5.41, 5.74) is 0.823. The third-order valence-corrected chi connectivity index (χ3v) is 3.18. The van der Waals surface area contributed by atoms with Crippen molar-refractivity contribution in [3.8, 4) is 5.75 Å². The van der Waals surface area contributed by atoms with Crippen LogP contribution in [0.5, 0.6) is 5.75 Å². The van der Waals surface area contributed by atoms with Crippen LogP contribution in [0.2, 0.25) is 0 Å². The number of nitro groups is 1. The van der Waals surface area contributed by atoms with E-state index in [1.807, 2.05) is 0 Å². The Hall–Kier alpha value is -3.42. The lowest BCUT2D eigenvalue weighted by Crippen LogP contribution is -2.30. The zero-order valence-electron chi connectivity index (χ0n) is 13.7. The van der Waals surface area contributed by atoms with E-state index in [2.05, 4.69) is 10.6 Å². The second-order valence-electron chi connectivity index (χ2n) is 5.26. The van der Waals surface area contributed by atoms with Crippen LogP contribution in [0.15, 0.2) is 48.5 Å². The fraction of sp³-hybridized carbons (Fsp3) is 0.176. The highest BCUT2D eigenvalue weighted by Crippen LogP contribution is 2.19. The van der Waals surface area contributed by atoms with Gasteiger partial charge in [0.1, 0.15) is 5.75 Å². The van der Waals surface area contributed by atoms with Gasteiger partial charge < -0.3 is 15.4 Å². The molecule has 0 fully saturated rings. The van der Waals surface area contributed by atoms with Gasteiger partial charge in [-0.05, 0) is 37.3 Å². The van der Waals surface area contributed by atoms with E-state index >= 15 is 0 Å². The fourth-order valence-electron chi connectivity index (χ4n) is 2.02. The number of hydrogen-bond donors (Lipinski definition) is 2. The van der Waals surface area contributed by atoms with E-state index in [9.17, 15) is 19.7 Å². The number of nitrogens with one attached hydrogen (secondary N) is 2. The maximum absolute atomic E-state index is 12.1. The molecular formula is C17H17N3O5. The third-order valence-electron chi connectivity index (χ3n) is 3.18. The molecule has 0 aliphatic carbocycles. The van der Waals surface area contributed by atoms with Gasteiger partial charge in [0.05, 0.1) is 4.92 Å². The summed E-state index contributed by atoms with van der Waals surface area (Å²) in [5, 5.41) is 15.9. The summed E-state index contributed by atoms with van der Waals surface area (Å²) in [4.78, 5) is 33.3. The highest BCUT2D eigenvalue weighted by Gasteiger charge is 2.16. The summed E-state index contributed by atoms with van der Waals surface area (Å²) in [5.74, 6) is -0.166. The molecule has 0 heterocycles. The molecule has 1 atom stereocenters. The van der Waals surface area contributed by atoms with E-state index in [1.165, 1.54) is 25.1 Å². The van der Waals surface area contributed by atoms with E-state index in [-0.39, 0.29) is 11.6 Å². The van der Waals surface area contributed by atoms with Crippen LogP contribution in [0, 0.1) is 10.1 Å². The Morgan fingerprint density at radius 1 is 1.08 bits per heavy atom. The molecule has 2 rings (SSSR count). The average Bonchev–Trinajstić information content (AvgIpc) is 2.56. The molecule has 0 radical (unpaired) electrons. The van der Waals surface area contributed by atoms with Gasteiger partial charge in [0, 0.05) is 30.4 Å². The molecular weight excluding hydrogens is 326 g/mol. The molecule has 0 bridgehead atoms. The van der Waals surface area contributed by atoms with E-state index in [0.29, 0.717) is 17.1 Å². The Kier molecular flexibility index (Phi) is 5.67. The van der Waals surface area contributed by atoms with E-state index < -0.39 is 16.9 Å². The van der Waals surface area contributed by atoms with Crippen LogP contribution in [0.3, 0.4) is 0 Å². The summed E-state index contributed by atoms with van der Waals surface area (Å²) >= 11 is 0. The molecule has 0 saturated carbocycles. The van der Waals surface area contributed by atoms with Crippen molar-refractivity contribution in [2.45, 2.75) is 20.0 Å². The molecule has 8 heteroatoms. The first-order chi connectivity index (χ1) is 11.8. The summed E-state index contributed by atoms with van der Waals surface area (Å²) in [6.45, 7) is 2.97. The van der Waals surface area contributed by atoms with E-state index in [0.717, 1.165) is 0 Å². The van der Waals surface area contributed by atoms with Crippen LogP contribution >= 0.6 is 0 Å². The number of nitrogens with zero attached hydrogens (tertiary/aromatic N) is 1. The quantitative estimate of drug-likeness (QED) is 0.619. The van der Waals surface area contributed by atoms with Crippen molar-refractivity contribution in [1.29, 1.82) is 0 Å². The second kappa shape index (κ2) is 7.91. The minimum absolute atomic E-state index is 0.111. The SMILES string of the molecule is CC(=O)Nc1ccc(OC(C)C(=O)Nc2cccc([N+](=O)[O-])c2)cc1. The van der Waals surface area contributed by atoms with Gasteiger partial charge in [0.15, 0.2) is 6.10 Å². The van der Waals surface area contributed by atoms with Crippen molar-refractivity contribution < 1.29 is 19.2 Å². The molecule has 0 spiro atoms. The normalized spacial score (nSPS) is 11.3. The molecule has 130 valence electrons. The molecule has 0 saturated heterocycles. The lowest BCUT2D eigenvalue weighted by Gasteiger charge is -2.15. The van der Waals surface area contributed by atoms with Crippen molar-refractivity contribution in [2.75, 3.05) is 10.6 Å². The zero-order chi connectivity index (χ0) is 18.4. The van der Waals surface area contributed by atoms with Gasteiger partial charge in [-0.15, -0.1) is 0 Å². The number of ether oxygens (including phenoxy) is 1. The Balaban J connectivity index is 1.97. The Labute approximate surface area is 144 Å². The van der Waals surface area contributed by atoms with E-state index in [1.54, 1.807) is 37.3 Å². The minimum Gasteiger partial charge on any atom is -0.481 e. The highest BCUT2D eigenvalue weighted by atomic mass is 16.6. The maximum Gasteiger partial charge on any atom is 0.271 e. The lowest BCUT2D eigenvalue weighted by atomic mass is 10.2. The van der Waals surface area contributed by atoms with Gasteiger partial charge in [0.2, 0.25) is 5.91 Å². The average molecular weight is 343 g/mol. The zero-order valence-corrected chi connectivity index (χ0v) is 13.7. The smallest absolute Gasteiger partial charge is 0.271 e.